The highest BCUT2D eigenvalue weighted by molar-refractivity contribution is 4.95. The van der Waals surface area contributed by atoms with Gasteiger partial charge in [-0.3, -0.25) is 0 Å². The van der Waals surface area contributed by atoms with Gasteiger partial charge in [0, 0.05) is 0 Å². The largest absolute Gasteiger partial charge is 0.394 e. The van der Waals surface area contributed by atoms with Crippen molar-refractivity contribution >= 4 is 0 Å². The second-order valence-corrected chi connectivity index (χ2v) is 8.30. The van der Waals surface area contributed by atoms with Gasteiger partial charge in [-0.1, -0.05) is 0 Å². The Morgan fingerprint density at radius 2 is 1.06 bits per heavy atom. The molecule has 0 bridgehead atoms. The molecule has 3 heterocycles. The van der Waals surface area contributed by atoms with E-state index in [4.69, 9.17) is 23.7 Å². The molecule has 3 aliphatic rings. The van der Waals surface area contributed by atoms with Crippen molar-refractivity contribution in [2.45, 2.75) is 106 Å². The van der Waals surface area contributed by atoms with E-state index in [0.717, 1.165) is 0 Å². The summed E-state index contributed by atoms with van der Waals surface area (Å²) >= 11 is 0. The van der Waals surface area contributed by atoms with E-state index in [1.165, 1.54) is 13.8 Å². The number of hydrogen-bond acceptors (Lipinski definition) is 14. The zero-order valence-corrected chi connectivity index (χ0v) is 17.4. The minimum atomic E-state index is -1.79. The van der Waals surface area contributed by atoms with Crippen molar-refractivity contribution in [3.05, 3.63) is 0 Å². The van der Waals surface area contributed by atoms with E-state index in [0.29, 0.717) is 0 Å². The fourth-order valence-electron chi connectivity index (χ4n) is 3.92. The Balaban J connectivity index is 1.79. The molecule has 0 saturated carbocycles. The molecule has 188 valence electrons. The quantitative estimate of drug-likeness (QED) is 0.182. The van der Waals surface area contributed by atoms with E-state index in [2.05, 4.69) is 0 Å². The lowest BCUT2D eigenvalue weighted by Gasteiger charge is -2.47. The van der Waals surface area contributed by atoms with Crippen molar-refractivity contribution in [1.82, 2.24) is 0 Å². The minimum Gasteiger partial charge on any atom is -0.394 e. The molecule has 3 saturated heterocycles. The Bertz CT molecular complexity index is 608. The maximum absolute atomic E-state index is 10.6. The highest BCUT2D eigenvalue weighted by atomic mass is 16.8. The van der Waals surface area contributed by atoms with Crippen molar-refractivity contribution in [1.29, 1.82) is 0 Å². The molecule has 0 aromatic carbocycles. The second kappa shape index (κ2) is 10.4. The van der Waals surface area contributed by atoms with Crippen LogP contribution in [0.25, 0.3) is 0 Å². The van der Waals surface area contributed by atoms with Gasteiger partial charge in [0.05, 0.1) is 18.8 Å². The van der Waals surface area contributed by atoms with Crippen molar-refractivity contribution in [2.75, 3.05) is 6.61 Å². The maximum atomic E-state index is 10.6. The van der Waals surface area contributed by atoms with Crippen molar-refractivity contribution in [3.8, 4) is 0 Å². The molecule has 14 nitrogen and oxygen atoms in total. The Morgan fingerprint density at radius 1 is 0.562 bits per heavy atom. The third kappa shape index (κ3) is 4.94. The Kier molecular flexibility index (Phi) is 8.44. The highest BCUT2D eigenvalue weighted by Gasteiger charge is 2.52. The van der Waals surface area contributed by atoms with Crippen molar-refractivity contribution < 1.29 is 69.6 Å². The second-order valence-electron chi connectivity index (χ2n) is 8.30. The summed E-state index contributed by atoms with van der Waals surface area (Å²) in [5.74, 6) is 0. The lowest BCUT2D eigenvalue weighted by atomic mass is 9.96. The maximum Gasteiger partial charge on any atom is 0.187 e. The Labute approximate surface area is 183 Å². The van der Waals surface area contributed by atoms with E-state index in [9.17, 15) is 46.0 Å². The molecule has 3 fully saturated rings. The Morgan fingerprint density at radius 3 is 1.66 bits per heavy atom. The van der Waals surface area contributed by atoms with Crippen LogP contribution in [0.5, 0.6) is 0 Å². The first kappa shape index (κ1) is 26.1. The minimum absolute atomic E-state index is 0.708. The SMILES string of the molecule is C[C@@H]1O[C@@H](O)[C@H](O[C@H]2O[C@@H](C)[C@@H](O)[C@@H](O)[C@@H]2O)[C@H](O[C@@H]2O[C@H](CO)[C@@H](O)[C@H](O)[C@H]2O)[C@H]1O. The van der Waals surface area contributed by atoms with E-state index in [1.54, 1.807) is 0 Å². The zero-order chi connectivity index (χ0) is 23.9. The van der Waals surface area contributed by atoms with E-state index in [1.807, 2.05) is 0 Å². The smallest absolute Gasteiger partial charge is 0.187 e. The summed E-state index contributed by atoms with van der Waals surface area (Å²) in [6.07, 6.45) is -22.6. The van der Waals surface area contributed by atoms with Gasteiger partial charge >= 0.3 is 0 Å². The third-order valence-electron chi connectivity index (χ3n) is 6.02. The molecule has 0 unspecified atom stereocenters. The molecule has 0 amide bonds. The van der Waals surface area contributed by atoms with Crippen LogP contribution >= 0.6 is 0 Å². The Hall–Kier alpha value is -0.560. The summed E-state index contributed by atoms with van der Waals surface area (Å²) in [5, 5.41) is 90.5. The van der Waals surface area contributed by atoms with Crippen LogP contribution < -0.4 is 0 Å². The molecule has 0 aliphatic carbocycles. The van der Waals surface area contributed by atoms with Gasteiger partial charge in [-0.15, -0.1) is 0 Å². The number of hydrogen-bond donors (Lipinski definition) is 9. The van der Waals surface area contributed by atoms with Crippen LogP contribution in [0.1, 0.15) is 13.8 Å². The predicted molar refractivity (Wildman–Crippen MR) is 98.4 cm³/mol. The summed E-state index contributed by atoms with van der Waals surface area (Å²) < 4.78 is 27.0. The molecule has 0 aromatic heterocycles. The number of aliphatic hydroxyl groups excluding tert-OH is 9. The van der Waals surface area contributed by atoms with Crippen LogP contribution in [-0.2, 0) is 23.7 Å². The van der Waals surface area contributed by atoms with Crippen molar-refractivity contribution in [3.63, 3.8) is 0 Å². The summed E-state index contributed by atoms with van der Waals surface area (Å²) in [4.78, 5) is 0. The van der Waals surface area contributed by atoms with E-state index < -0.39 is 98.7 Å². The molecule has 32 heavy (non-hydrogen) atoms. The summed E-state index contributed by atoms with van der Waals surface area (Å²) in [5.41, 5.74) is 0. The number of aliphatic hydroxyl groups is 9. The summed E-state index contributed by atoms with van der Waals surface area (Å²) in [7, 11) is 0. The normalized spacial score (nSPS) is 55.0. The van der Waals surface area contributed by atoms with Crippen LogP contribution in [0.4, 0.5) is 0 Å². The molecular weight excluding hydrogens is 440 g/mol. The number of rotatable bonds is 5. The van der Waals surface area contributed by atoms with Gasteiger partial charge in [-0.2, -0.15) is 0 Å². The molecule has 0 aromatic rings. The zero-order valence-electron chi connectivity index (χ0n) is 17.4. The molecule has 9 N–H and O–H groups in total. The van der Waals surface area contributed by atoms with Crippen LogP contribution in [0, 0.1) is 0 Å². The van der Waals surface area contributed by atoms with Crippen LogP contribution in [0.2, 0.25) is 0 Å². The third-order valence-corrected chi connectivity index (χ3v) is 6.02. The van der Waals surface area contributed by atoms with Crippen molar-refractivity contribution in [2.24, 2.45) is 0 Å². The topological polar surface area (TPSA) is 228 Å². The molecule has 0 radical (unpaired) electrons. The molecule has 0 spiro atoms. The first-order valence-electron chi connectivity index (χ1n) is 10.3. The average Bonchev–Trinajstić information content (AvgIpc) is 2.76. The fraction of sp³-hybridized carbons (Fsp3) is 1.00. The molecule has 3 rings (SSSR count). The van der Waals surface area contributed by atoms with Crippen LogP contribution in [0.3, 0.4) is 0 Å². The molecular formula is C18H32O14. The lowest BCUT2D eigenvalue weighted by Crippen LogP contribution is -2.66. The van der Waals surface area contributed by atoms with Gasteiger partial charge in [0.25, 0.3) is 0 Å². The van der Waals surface area contributed by atoms with E-state index in [-0.39, 0.29) is 0 Å². The lowest BCUT2D eigenvalue weighted by molar-refractivity contribution is -0.384. The molecule has 14 heteroatoms. The number of ether oxygens (including phenoxy) is 5. The molecule has 15 atom stereocenters. The average molecular weight is 472 g/mol. The van der Waals surface area contributed by atoms with Crippen LogP contribution in [0.15, 0.2) is 0 Å². The summed E-state index contributed by atoms with van der Waals surface area (Å²) in [6, 6.07) is 0. The van der Waals surface area contributed by atoms with Gasteiger partial charge in [0.15, 0.2) is 18.9 Å². The van der Waals surface area contributed by atoms with Gasteiger partial charge in [0.2, 0.25) is 0 Å². The summed E-state index contributed by atoms with van der Waals surface area (Å²) in [6.45, 7) is 2.13. The fourth-order valence-corrected chi connectivity index (χ4v) is 3.92. The highest BCUT2D eigenvalue weighted by Crippen LogP contribution is 2.32. The monoisotopic (exact) mass is 472 g/mol. The van der Waals surface area contributed by atoms with E-state index >= 15 is 0 Å². The van der Waals surface area contributed by atoms with Crippen LogP contribution in [-0.4, -0.2) is 145 Å². The van der Waals surface area contributed by atoms with Gasteiger partial charge in [0.1, 0.15) is 61.0 Å². The first-order chi connectivity index (χ1) is 15.0. The van der Waals surface area contributed by atoms with Gasteiger partial charge < -0.3 is 69.6 Å². The van der Waals surface area contributed by atoms with Gasteiger partial charge in [-0.05, 0) is 13.8 Å². The first-order valence-corrected chi connectivity index (χ1v) is 10.3. The molecule has 3 aliphatic heterocycles. The van der Waals surface area contributed by atoms with Gasteiger partial charge in [-0.25, -0.2) is 0 Å². The standard InChI is InChI=1S/C18H32O14/c1-4-7(20)10(23)12(25)17(29-4)32-15-14(8(21)5(2)28-16(15)27)31-18-13(26)11(24)9(22)6(3-19)30-18/h4-27H,3H2,1-2H3/t4-,5-,6+,7+,8-,9+,10+,11-,12-,13+,14+,15+,16+,17+,18-/m0/s1. The predicted octanol–water partition coefficient (Wildman–Crippen LogP) is -5.52.